The van der Waals surface area contributed by atoms with E-state index >= 15 is 0 Å². The van der Waals surface area contributed by atoms with Crippen molar-refractivity contribution in [3.05, 3.63) is 65.7 Å². The molecule has 0 aromatic heterocycles. The first-order valence-corrected chi connectivity index (χ1v) is 8.53. The van der Waals surface area contributed by atoms with Crippen LogP contribution in [-0.4, -0.2) is 32.3 Å². The molecule has 0 saturated carbocycles. The second-order valence-electron chi connectivity index (χ2n) is 6.14. The molecule has 0 saturated heterocycles. The van der Waals surface area contributed by atoms with Crippen molar-refractivity contribution < 1.29 is 14.2 Å². The molecule has 0 bridgehead atoms. The van der Waals surface area contributed by atoms with Crippen LogP contribution < -0.4 is 14.2 Å². The van der Waals surface area contributed by atoms with Crippen LogP contribution in [0.25, 0.3) is 0 Å². The Balaban J connectivity index is 1.76. The summed E-state index contributed by atoms with van der Waals surface area (Å²) in [6, 6.07) is 12.4. The number of hydrogen-bond donors (Lipinski definition) is 0. The summed E-state index contributed by atoms with van der Waals surface area (Å²) < 4.78 is 16.6. The maximum absolute atomic E-state index is 5.78. The molecule has 1 heterocycles. The third-order valence-electron chi connectivity index (χ3n) is 4.52. The van der Waals surface area contributed by atoms with Gasteiger partial charge in [0.25, 0.3) is 0 Å². The molecule has 4 nitrogen and oxygen atoms in total. The normalized spacial score (nSPS) is 13.8. The van der Waals surface area contributed by atoms with Crippen molar-refractivity contribution in [1.29, 1.82) is 0 Å². The van der Waals surface area contributed by atoms with Crippen LogP contribution in [0.3, 0.4) is 0 Å². The molecule has 3 rings (SSSR count). The molecule has 0 amide bonds. The number of nitrogens with zero attached hydrogens (tertiary/aromatic N) is 1. The number of hydrogen-bond acceptors (Lipinski definition) is 4. The van der Waals surface area contributed by atoms with Crippen LogP contribution in [0.4, 0.5) is 0 Å². The minimum atomic E-state index is 0.525. The predicted octanol–water partition coefficient (Wildman–Crippen LogP) is 3.83. The highest BCUT2D eigenvalue weighted by Gasteiger charge is 2.20. The average Bonchev–Trinajstić information content (AvgIpc) is 2.66. The smallest absolute Gasteiger partial charge is 0.161 e. The van der Waals surface area contributed by atoms with Crippen LogP contribution in [-0.2, 0) is 19.5 Å². The van der Waals surface area contributed by atoms with E-state index in [9.17, 15) is 0 Å². The zero-order valence-corrected chi connectivity index (χ0v) is 15.0. The molecule has 0 spiro atoms. The molecule has 132 valence electrons. The largest absolute Gasteiger partial charge is 0.493 e. The number of rotatable bonds is 7. The van der Waals surface area contributed by atoms with Gasteiger partial charge >= 0.3 is 0 Å². The molecule has 0 aliphatic carbocycles. The van der Waals surface area contributed by atoms with E-state index < -0.39 is 0 Å². The Hall–Kier alpha value is -2.46. The van der Waals surface area contributed by atoms with Gasteiger partial charge < -0.3 is 14.2 Å². The second kappa shape index (κ2) is 8.08. The van der Waals surface area contributed by atoms with Gasteiger partial charge in [0.1, 0.15) is 12.4 Å². The predicted molar refractivity (Wildman–Crippen MR) is 99.5 cm³/mol. The Kier molecular flexibility index (Phi) is 5.61. The molecule has 4 heteroatoms. The second-order valence-corrected chi connectivity index (χ2v) is 6.14. The Bertz CT molecular complexity index is 742. The van der Waals surface area contributed by atoms with E-state index in [4.69, 9.17) is 14.2 Å². The summed E-state index contributed by atoms with van der Waals surface area (Å²) in [5.41, 5.74) is 3.84. The van der Waals surface area contributed by atoms with E-state index in [-0.39, 0.29) is 0 Å². The van der Waals surface area contributed by atoms with Gasteiger partial charge in [-0.1, -0.05) is 30.9 Å². The summed E-state index contributed by atoms with van der Waals surface area (Å²) >= 11 is 0. The third kappa shape index (κ3) is 3.97. The molecule has 1 aliphatic rings. The maximum Gasteiger partial charge on any atom is 0.161 e. The fraction of sp³-hybridized carbons (Fsp3) is 0.333. The van der Waals surface area contributed by atoms with E-state index in [1.807, 2.05) is 12.1 Å². The summed E-state index contributed by atoms with van der Waals surface area (Å²) in [5.74, 6) is 2.52. The minimum absolute atomic E-state index is 0.525. The van der Waals surface area contributed by atoms with Crippen molar-refractivity contribution in [3.8, 4) is 17.2 Å². The lowest BCUT2D eigenvalue weighted by molar-refractivity contribution is 0.239. The van der Waals surface area contributed by atoms with E-state index in [2.05, 4.69) is 35.7 Å². The van der Waals surface area contributed by atoms with Crippen molar-refractivity contribution in [2.75, 3.05) is 27.4 Å². The van der Waals surface area contributed by atoms with Crippen molar-refractivity contribution in [1.82, 2.24) is 4.90 Å². The molecular formula is C21H25NO3. The Labute approximate surface area is 149 Å². The fourth-order valence-corrected chi connectivity index (χ4v) is 3.24. The van der Waals surface area contributed by atoms with Gasteiger partial charge in [0.05, 0.1) is 14.2 Å². The topological polar surface area (TPSA) is 30.9 Å². The number of ether oxygens (including phenoxy) is 3. The van der Waals surface area contributed by atoms with Crippen molar-refractivity contribution >= 4 is 0 Å². The molecule has 1 aliphatic heterocycles. The summed E-state index contributed by atoms with van der Waals surface area (Å²) in [6.45, 7) is 7.01. The standard InChI is InChI=1S/C21H25NO3/c1-4-11-25-19-8-6-5-7-17(19)14-22-10-9-16-12-20(23-2)21(24-3)13-18(16)15-22/h4-8,12-13H,1,9-11,14-15H2,2-3H3. The van der Waals surface area contributed by atoms with E-state index in [0.29, 0.717) is 6.61 Å². The van der Waals surface area contributed by atoms with Crippen molar-refractivity contribution in [2.24, 2.45) is 0 Å². The van der Waals surface area contributed by atoms with E-state index in [0.717, 1.165) is 43.3 Å². The van der Waals surface area contributed by atoms with E-state index in [1.165, 1.54) is 16.7 Å². The van der Waals surface area contributed by atoms with Gasteiger partial charge in [-0.3, -0.25) is 4.90 Å². The lowest BCUT2D eigenvalue weighted by Gasteiger charge is -2.30. The van der Waals surface area contributed by atoms with Crippen LogP contribution in [0.2, 0.25) is 0 Å². The lowest BCUT2D eigenvalue weighted by atomic mass is 9.98. The summed E-state index contributed by atoms with van der Waals surface area (Å²) in [6.07, 6.45) is 2.78. The number of fused-ring (bicyclic) bond motifs is 1. The maximum atomic E-state index is 5.78. The van der Waals surface area contributed by atoms with Crippen LogP contribution in [0.1, 0.15) is 16.7 Å². The van der Waals surface area contributed by atoms with Gasteiger partial charge in [-0.15, -0.1) is 0 Å². The Morgan fingerprint density at radius 3 is 2.48 bits per heavy atom. The quantitative estimate of drug-likeness (QED) is 0.718. The highest BCUT2D eigenvalue weighted by molar-refractivity contribution is 5.48. The zero-order valence-electron chi connectivity index (χ0n) is 15.0. The van der Waals surface area contributed by atoms with E-state index in [1.54, 1.807) is 20.3 Å². The molecule has 2 aromatic rings. The molecule has 0 unspecified atom stereocenters. The molecule has 2 aromatic carbocycles. The minimum Gasteiger partial charge on any atom is -0.493 e. The first kappa shape index (κ1) is 17.4. The average molecular weight is 339 g/mol. The number of benzene rings is 2. The first-order chi connectivity index (χ1) is 12.2. The van der Waals surface area contributed by atoms with Gasteiger partial charge in [0.2, 0.25) is 0 Å². The van der Waals surface area contributed by atoms with Crippen LogP contribution in [0.5, 0.6) is 17.2 Å². The van der Waals surface area contributed by atoms with Crippen LogP contribution >= 0.6 is 0 Å². The first-order valence-electron chi connectivity index (χ1n) is 8.53. The van der Waals surface area contributed by atoms with Crippen LogP contribution in [0, 0.1) is 0 Å². The van der Waals surface area contributed by atoms with Gasteiger partial charge in [0.15, 0.2) is 11.5 Å². The fourth-order valence-electron chi connectivity index (χ4n) is 3.24. The molecule has 0 N–H and O–H groups in total. The molecule has 0 atom stereocenters. The zero-order chi connectivity index (χ0) is 17.6. The molecule has 0 radical (unpaired) electrons. The Morgan fingerprint density at radius 1 is 1.04 bits per heavy atom. The van der Waals surface area contributed by atoms with Gasteiger partial charge in [-0.25, -0.2) is 0 Å². The SMILES string of the molecule is C=CCOc1ccccc1CN1CCc2cc(OC)c(OC)cc2C1. The van der Waals surface area contributed by atoms with Crippen molar-refractivity contribution in [2.45, 2.75) is 19.5 Å². The molecule has 0 fully saturated rings. The molecule has 25 heavy (non-hydrogen) atoms. The monoisotopic (exact) mass is 339 g/mol. The van der Waals surface area contributed by atoms with Gasteiger partial charge in [-0.2, -0.15) is 0 Å². The highest BCUT2D eigenvalue weighted by Crippen LogP contribution is 2.34. The van der Waals surface area contributed by atoms with Gasteiger partial charge in [0, 0.05) is 25.2 Å². The third-order valence-corrected chi connectivity index (χ3v) is 4.52. The number of methoxy groups -OCH3 is 2. The highest BCUT2D eigenvalue weighted by atomic mass is 16.5. The lowest BCUT2D eigenvalue weighted by Crippen LogP contribution is -2.30. The summed E-state index contributed by atoms with van der Waals surface area (Å²) in [7, 11) is 3.36. The summed E-state index contributed by atoms with van der Waals surface area (Å²) in [5, 5.41) is 0. The molecular weight excluding hydrogens is 314 g/mol. The van der Waals surface area contributed by atoms with Crippen LogP contribution in [0.15, 0.2) is 49.1 Å². The summed E-state index contributed by atoms with van der Waals surface area (Å²) in [4.78, 5) is 2.43. The van der Waals surface area contributed by atoms with Gasteiger partial charge in [-0.05, 0) is 35.7 Å². The van der Waals surface area contributed by atoms with Crippen molar-refractivity contribution in [3.63, 3.8) is 0 Å². The number of para-hydroxylation sites is 1. The Morgan fingerprint density at radius 2 is 1.76 bits per heavy atom.